The van der Waals surface area contributed by atoms with Gasteiger partial charge in [-0.1, -0.05) is 6.92 Å². The van der Waals surface area contributed by atoms with Gasteiger partial charge >= 0.3 is 68.5 Å². The van der Waals surface area contributed by atoms with Gasteiger partial charge in [0.25, 0.3) is 0 Å². The minimum atomic E-state index is -3.08. The van der Waals surface area contributed by atoms with Gasteiger partial charge in [-0.2, -0.15) is 0 Å². The molecule has 26 nitrogen and oxygen atoms in total. The molecule has 2 aliphatic carbocycles. The maximum atomic E-state index is 10.2. The highest BCUT2D eigenvalue weighted by Crippen LogP contribution is 2.34. The molecule has 0 spiro atoms. The molecule has 34 heteroatoms. The molecule has 0 aromatic carbocycles. The Bertz CT molecular complexity index is 1570. The number of hydrogen-bond donors (Lipinski definition) is 16. The van der Waals surface area contributed by atoms with E-state index in [1.807, 2.05) is 6.55 Å². The summed E-state index contributed by atoms with van der Waals surface area (Å²) in [6.07, 6.45) is 1.47. The average Bonchev–Trinajstić information content (AvgIpc) is 3.58. The summed E-state index contributed by atoms with van der Waals surface area (Å²) in [5.41, 5.74) is 0. The molecule has 0 aromatic rings. The van der Waals surface area contributed by atoms with Gasteiger partial charge in [0.1, 0.15) is 12.2 Å². The van der Waals surface area contributed by atoms with Crippen molar-refractivity contribution >= 4 is 68.5 Å². The van der Waals surface area contributed by atoms with Crippen molar-refractivity contribution in [2.75, 3.05) is 81.3 Å². The van der Waals surface area contributed by atoms with Crippen molar-refractivity contribution < 1.29 is 124 Å². The van der Waals surface area contributed by atoms with Crippen LogP contribution in [0, 0.1) is 11.8 Å². The van der Waals surface area contributed by atoms with Crippen molar-refractivity contribution in [3.63, 3.8) is 0 Å². The van der Waals surface area contributed by atoms with E-state index in [1.54, 1.807) is 73.7 Å². The lowest BCUT2D eigenvalue weighted by Gasteiger charge is -2.36. The summed E-state index contributed by atoms with van der Waals surface area (Å²) < 4.78 is 56.2. The van der Waals surface area contributed by atoms with E-state index in [4.69, 9.17) is 64.1 Å². The lowest BCUT2D eigenvalue weighted by molar-refractivity contribution is -0.0260. The van der Waals surface area contributed by atoms with Gasteiger partial charge in [-0.15, -0.1) is 0 Å². The fraction of sp³-hybridized carbons (Fsp3) is 1.00. The van der Waals surface area contributed by atoms with Gasteiger partial charge in [0.15, 0.2) is 0 Å². The molecule has 2 saturated carbocycles. The average molecular weight is 1350 g/mol. The standard InChI is InChI=1S/C15H36O9Si2.C13H30O5Si2.C12H28O5Si2.C9H24O7Si2/c1-21-26(24-25(2,3)20,8-4-6-22-12-14(18)10-16)9-5-7-23-13-15(19)11-17;1-5-20(17-2,18-19(3,4)16)9-8-11-6-7-12(14)13(15)10-11;1-16-19(4,17-18(2,3)15)8-7-10-5-6-11(13)12(14)9-10;1-15-18(6-8(12)4-10,7-9(13)5-11)16-17(2,3)14/h14-20H,4-13H2,1-3H3;11-16H,5-10H2,1-4H3;10-15H,5-9H2,1-4H3;8-14H,4-7H2,1-3H3. The predicted octanol–water partition coefficient (Wildman–Crippen LogP) is 0.843. The summed E-state index contributed by atoms with van der Waals surface area (Å²) in [7, 11) is -15.0. The maximum Gasteiger partial charge on any atom is 0.334 e. The summed E-state index contributed by atoms with van der Waals surface area (Å²) in [6.45, 7) is 16.9. The Balaban J connectivity index is 0. The Morgan fingerprint density at radius 2 is 0.747 bits per heavy atom. The van der Waals surface area contributed by atoms with Gasteiger partial charge in [0.05, 0.1) is 76.3 Å². The quantitative estimate of drug-likeness (QED) is 0.0299. The molecule has 2 fully saturated rings. The van der Waals surface area contributed by atoms with Crippen LogP contribution in [0.25, 0.3) is 0 Å². The molecule has 0 aliphatic heterocycles. The SMILES string of the molecule is CC[Si](CCC1CCC(O)C(O)C1)(OC)O[Si](C)(C)O.CO[Si](C)(CCC1CCC(O)C(O)C1)O[Si](C)(C)O.CO[Si](CC(O)CO)(CC(O)CO)O[Si](C)(C)O.CO[Si](CCCOCC(O)CO)(CCCOCC(O)CO)O[Si](C)(C)O. The largest absolute Gasteiger partial charge is 0.415 e. The van der Waals surface area contributed by atoms with E-state index in [2.05, 4.69) is 6.92 Å². The second kappa shape index (κ2) is 42.7. The fourth-order valence-electron chi connectivity index (χ4n) is 9.65. The van der Waals surface area contributed by atoms with Crippen LogP contribution >= 0.6 is 0 Å². The van der Waals surface area contributed by atoms with E-state index in [0.717, 1.165) is 43.8 Å². The van der Waals surface area contributed by atoms with Crippen LogP contribution in [0.4, 0.5) is 0 Å². The second-order valence-electron chi connectivity index (χ2n) is 24.0. The lowest BCUT2D eigenvalue weighted by atomic mass is 9.84. The Morgan fingerprint density at radius 1 is 0.410 bits per heavy atom. The predicted molar refractivity (Wildman–Crippen MR) is 331 cm³/mol. The molecular weight excluding hydrogens is 1230 g/mol. The molecule has 12 atom stereocenters. The topological polar surface area (TPSA) is 416 Å². The van der Waals surface area contributed by atoms with Crippen molar-refractivity contribution in [2.24, 2.45) is 11.8 Å². The first-order chi connectivity index (χ1) is 38.2. The van der Waals surface area contributed by atoms with Crippen molar-refractivity contribution in [1.29, 1.82) is 0 Å². The first kappa shape index (κ1) is 85.8. The Hall–Kier alpha value is 0.695. The van der Waals surface area contributed by atoms with Crippen LogP contribution in [-0.4, -0.2) is 279 Å². The molecule has 0 amide bonds. The van der Waals surface area contributed by atoms with Crippen molar-refractivity contribution in [3.8, 4) is 0 Å². The fourth-order valence-corrected chi connectivity index (χ4v) is 36.1. The molecule has 2 aliphatic rings. The molecule has 12 unspecified atom stereocenters. The third-order valence-electron chi connectivity index (χ3n) is 13.8. The van der Waals surface area contributed by atoms with E-state index in [9.17, 15) is 60.0 Å². The Labute approximate surface area is 504 Å². The van der Waals surface area contributed by atoms with Gasteiger partial charge in [-0.05, 0) is 165 Å². The molecule has 0 radical (unpaired) electrons. The van der Waals surface area contributed by atoms with Crippen LogP contribution in [0.1, 0.15) is 71.1 Å². The van der Waals surface area contributed by atoms with E-state index in [0.29, 0.717) is 75.7 Å². The third kappa shape index (κ3) is 41.7. The molecule has 0 bridgehead atoms. The molecular formula is C49H118O26Si8. The van der Waals surface area contributed by atoms with Crippen LogP contribution in [0.2, 0.25) is 101 Å². The summed E-state index contributed by atoms with van der Waals surface area (Å²) in [5, 5.41) is 111. The summed E-state index contributed by atoms with van der Waals surface area (Å²) in [4.78, 5) is 39.9. The van der Waals surface area contributed by atoms with Crippen LogP contribution in [-0.2, 0) is 43.6 Å². The molecule has 0 heterocycles. The highest BCUT2D eigenvalue weighted by molar-refractivity contribution is 6.81. The van der Waals surface area contributed by atoms with Gasteiger partial charge in [0.2, 0.25) is 0 Å². The highest BCUT2D eigenvalue weighted by atomic mass is 28.5. The lowest BCUT2D eigenvalue weighted by Crippen LogP contribution is -2.54. The van der Waals surface area contributed by atoms with Crippen molar-refractivity contribution in [1.82, 2.24) is 0 Å². The molecule has 83 heavy (non-hydrogen) atoms. The highest BCUT2D eigenvalue weighted by Gasteiger charge is 2.46. The van der Waals surface area contributed by atoms with Crippen molar-refractivity contribution in [2.45, 2.75) is 221 Å². The number of aliphatic hydroxyl groups is 12. The van der Waals surface area contributed by atoms with Gasteiger partial charge in [-0.25, -0.2) is 0 Å². The second-order valence-corrected chi connectivity index (χ2v) is 51.8. The molecule has 2 rings (SSSR count). The van der Waals surface area contributed by atoms with Gasteiger partial charge < -0.3 is 124 Å². The van der Waals surface area contributed by atoms with Gasteiger partial charge in [-0.3, -0.25) is 0 Å². The Morgan fingerprint density at radius 3 is 1.05 bits per heavy atom. The molecule has 0 aromatic heterocycles. The third-order valence-corrected chi connectivity index (χ3v) is 38.8. The molecule has 16 N–H and O–H groups in total. The molecule has 502 valence electrons. The van der Waals surface area contributed by atoms with E-state index >= 15 is 0 Å². The van der Waals surface area contributed by atoms with Gasteiger partial charge in [0, 0.05) is 53.7 Å². The minimum Gasteiger partial charge on any atom is -0.415 e. The number of rotatable bonds is 39. The normalized spacial score (nSPS) is 24.4. The number of aliphatic hydroxyl groups excluding tert-OH is 12. The van der Waals surface area contributed by atoms with Crippen LogP contribution < -0.4 is 0 Å². The summed E-state index contributed by atoms with van der Waals surface area (Å²) in [6, 6.07) is 3.75. The van der Waals surface area contributed by atoms with E-state index in [-0.39, 0.29) is 38.5 Å². The minimum absolute atomic E-state index is 0.0219. The first-order valence-electron chi connectivity index (χ1n) is 29.2. The Kier molecular flexibility index (Phi) is 44.1. The smallest absolute Gasteiger partial charge is 0.334 e. The summed E-state index contributed by atoms with van der Waals surface area (Å²) >= 11 is 0. The zero-order chi connectivity index (χ0) is 64.5. The zero-order valence-corrected chi connectivity index (χ0v) is 60.7. The number of hydrogen-bond acceptors (Lipinski definition) is 26. The van der Waals surface area contributed by atoms with Crippen LogP contribution in [0.3, 0.4) is 0 Å². The van der Waals surface area contributed by atoms with Crippen molar-refractivity contribution in [3.05, 3.63) is 0 Å². The van der Waals surface area contributed by atoms with Crippen LogP contribution in [0.15, 0.2) is 0 Å². The first-order valence-corrected chi connectivity index (χ1v) is 49.8. The van der Waals surface area contributed by atoms with E-state index in [1.165, 1.54) is 7.11 Å². The maximum absolute atomic E-state index is 10.2. The number of ether oxygens (including phenoxy) is 2. The monoisotopic (exact) mass is 1350 g/mol. The van der Waals surface area contributed by atoms with Crippen LogP contribution in [0.5, 0.6) is 0 Å². The molecule has 0 saturated heterocycles. The zero-order valence-electron chi connectivity index (χ0n) is 52.7. The summed E-state index contributed by atoms with van der Waals surface area (Å²) in [5.74, 6) is 0.821. The van der Waals surface area contributed by atoms with E-state index < -0.39 is 131 Å².